The van der Waals surface area contributed by atoms with Crippen LogP contribution >= 0.6 is 11.6 Å². The molecule has 4 rings (SSSR count). The Hall–Kier alpha value is -3.21. The molecule has 7 nitrogen and oxygen atoms in total. The van der Waals surface area contributed by atoms with Gasteiger partial charge in [-0.15, -0.1) is 0 Å². The maximum atomic E-state index is 14.3. The van der Waals surface area contributed by atoms with Crippen molar-refractivity contribution in [2.75, 3.05) is 12.8 Å². The molecule has 11 heteroatoms. The molecule has 0 aliphatic heterocycles. The summed E-state index contributed by atoms with van der Waals surface area (Å²) in [7, 11) is 1.00. The molecule has 3 aromatic rings. The smallest absolute Gasteiger partial charge is 0.273 e. The van der Waals surface area contributed by atoms with Gasteiger partial charge in [-0.2, -0.15) is 0 Å². The summed E-state index contributed by atoms with van der Waals surface area (Å²) in [6, 6.07) is 11.3. The van der Waals surface area contributed by atoms with E-state index in [2.05, 4.69) is 15.3 Å². The number of nitrogen functional groups attached to an aromatic ring is 1. The number of anilines is 1. The first kappa shape index (κ1) is 29.0. The molecule has 1 fully saturated rings. The Bertz CT molecular complexity index is 1150. The van der Waals surface area contributed by atoms with Crippen molar-refractivity contribution in [3.63, 3.8) is 0 Å². The third kappa shape index (κ3) is 8.18. The van der Waals surface area contributed by atoms with Crippen LogP contribution in [-0.4, -0.2) is 45.2 Å². The number of hydrogen-bond donors (Lipinski definition) is 4. The normalized spacial score (nSPS) is 16.0. The van der Waals surface area contributed by atoms with Crippen LogP contribution in [0.15, 0.2) is 54.9 Å². The summed E-state index contributed by atoms with van der Waals surface area (Å²) in [5.74, 6) is -3.79. The maximum absolute atomic E-state index is 14.3. The number of carbonyl (C=O) groups is 1. The number of nitrogens with two attached hydrogens (primary N) is 1. The van der Waals surface area contributed by atoms with E-state index in [1.54, 1.807) is 24.3 Å². The lowest BCUT2D eigenvalue weighted by Crippen LogP contribution is -2.36. The second-order valence-electron chi connectivity index (χ2n) is 7.82. The quantitative estimate of drug-likeness (QED) is 0.395. The fourth-order valence-electron chi connectivity index (χ4n) is 3.42. The number of benzene rings is 2. The first-order chi connectivity index (χ1) is 17.2. The minimum Gasteiger partial charge on any atom is -0.400 e. The molecule has 0 bridgehead atoms. The number of alkyl halides is 2. The zero-order valence-corrected chi connectivity index (χ0v) is 20.4. The van der Waals surface area contributed by atoms with E-state index in [-0.39, 0.29) is 30.8 Å². The standard InChI is InChI=1S/C18H14ClFN4O.C6H10F2O.CH4O/c19-13-3-1-2-11(8-13)10-24-18(25)14-5-4-12(9-15(14)20)16-17(21)23-7-6-22-16;7-6(8)4-2-1-3-5(6)9;1-2/h1-9H,10H2,(H2,21,23)(H,24,25);5,9H,1-4H2;2H,1H3. The number of aliphatic hydroxyl groups excluding tert-OH is 2. The fourth-order valence-corrected chi connectivity index (χ4v) is 3.63. The highest BCUT2D eigenvalue weighted by atomic mass is 35.5. The van der Waals surface area contributed by atoms with Crippen molar-refractivity contribution in [2.45, 2.75) is 44.3 Å². The van der Waals surface area contributed by atoms with Gasteiger partial charge >= 0.3 is 0 Å². The van der Waals surface area contributed by atoms with Crippen molar-refractivity contribution in [1.29, 1.82) is 0 Å². The van der Waals surface area contributed by atoms with Gasteiger partial charge in [0.15, 0.2) is 0 Å². The van der Waals surface area contributed by atoms with Gasteiger partial charge in [0.05, 0.1) is 5.56 Å². The van der Waals surface area contributed by atoms with Crippen LogP contribution in [0.4, 0.5) is 19.0 Å². The summed E-state index contributed by atoms with van der Waals surface area (Å²) in [6.07, 6.45) is 2.93. The predicted octanol–water partition coefficient (Wildman–Crippen LogP) is 4.61. The third-order valence-corrected chi connectivity index (χ3v) is 5.52. The minimum absolute atomic E-state index is 0.0618. The Balaban J connectivity index is 0.000000347. The second-order valence-corrected chi connectivity index (χ2v) is 8.26. The predicted molar refractivity (Wildman–Crippen MR) is 132 cm³/mol. The molecular formula is C25H28ClF3N4O3. The topological polar surface area (TPSA) is 121 Å². The van der Waals surface area contributed by atoms with E-state index in [9.17, 15) is 18.0 Å². The average molecular weight is 525 g/mol. The molecule has 0 spiro atoms. The van der Waals surface area contributed by atoms with Crippen LogP contribution in [0.3, 0.4) is 0 Å². The van der Waals surface area contributed by atoms with Crippen LogP contribution in [0.2, 0.25) is 5.02 Å². The summed E-state index contributed by atoms with van der Waals surface area (Å²) in [5.41, 5.74) is 7.32. The van der Waals surface area contributed by atoms with Gasteiger partial charge in [0.1, 0.15) is 23.4 Å². The Morgan fingerprint density at radius 2 is 1.89 bits per heavy atom. The summed E-state index contributed by atoms with van der Waals surface area (Å²) in [4.78, 5) is 20.2. The second kappa shape index (κ2) is 13.8. The number of amides is 1. The van der Waals surface area contributed by atoms with Crippen molar-refractivity contribution in [3.8, 4) is 11.3 Å². The van der Waals surface area contributed by atoms with Crippen molar-refractivity contribution < 1.29 is 28.2 Å². The molecule has 1 unspecified atom stereocenters. The molecule has 2 aromatic carbocycles. The highest BCUT2D eigenvalue weighted by molar-refractivity contribution is 6.30. The van der Waals surface area contributed by atoms with Crippen LogP contribution < -0.4 is 11.1 Å². The molecule has 194 valence electrons. The number of rotatable bonds is 4. The third-order valence-electron chi connectivity index (χ3n) is 5.28. The lowest BCUT2D eigenvalue weighted by molar-refractivity contribution is -0.130. The Kier molecular flexibility index (Phi) is 11.1. The molecular weight excluding hydrogens is 497 g/mol. The van der Waals surface area contributed by atoms with E-state index >= 15 is 0 Å². The number of nitrogens with zero attached hydrogens (tertiary/aromatic N) is 2. The molecule has 0 saturated heterocycles. The van der Waals surface area contributed by atoms with Gasteiger partial charge < -0.3 is 21.3 Å². The van der Waals surface area contributed by atoms with Crippen molar-refractivity contribution in [2.24, 2.45) is 0 Å². The van der Waals surface area contributed by atoms with Crippen molar-refractivity contribution in [1.82, 2.24) is 15.3 Å². The number of nitrogens with one attached hydrogen (secondary N) is 1. The Morgan fingerprint density at radius 1 is 1.17 bits per heavy atom. The van der Waals surface area contributed by atoms with Gasteiger partial charge in [-0.3, -0.25) is 9.78 Å². The molecule has 1 atom stereocenters. The number of carbonyl (C=O) groups excluding carboxylic acids is 1. The molecule has 1 aliphatic rings. The molecule has 1 aromatic heterocycles. The van der Waals surface area contributed by atoms with Crippen LogP contribution in [-0.2, 0) is 6.54 Å². The zero-order chi connectivity index (χ0) is 26.7. The molecule has 0 radical (unpaired) electrons. The monoisotopic (exact) mass is 524 g/mol. The van der Waals surface area contributed by atoms with Crippen molar-refractivity contribution >= 4 is 23.3 Å². The molecule has 5 N–H and O–H groups in total. The van der Waals surface area contributed by atoms with E-state index < -0.39 is 23.8 Å². The first-order valence-corrected chi connectivity index (χ1v) is 11.4. The maximum Gasteiger partial charge on any atom is 0.273 e. The van der Waals surface area contributed by atoms with Crippen LogP contribution in [0.25, 0.3) is 11.3 Å². The van der Waals surface area contributed by atoms with Gasteiger partial charge in [-0.05, 0) is 42.7 Å². The van der Waals surface area contributed by atoms with E-state index in [0.717, 1.165) is 19.1 Å². The van der Waals surface area contributed by atoms with E-state index in [4.69, 9.17) is 27.5 Å². The van der Waals surface area contributed by atoms with Gasteiger partial charge in [0.2, 0.25) is 0 Å². The highest BCUT2D eigenvalue weighted by Crippen LogP contribution is 2.33. The average Bonchev–Trinajstić information content (AvgIpc) is 2.86. The fraction of sp³-hybridized carbons (Fsp3) is 0.320. The highest BCUT2D eigenvalue weighted by Gasteiger charge is 2.39. The summed E-state index contributed by atoms with van der Waals surface area (Å²) < 4.78 is 39.0. The summed E-state index contributed by atoms with van der Waals surface area (Å²) in [6.45, 7) is 0.248. The molecule has 1 heterocycles. The molecule has 1 amide bonds. The number of halogens is 4. The van der Waals surface area contributed by atoms with E-state index in [1.165, 1.54) is 24.5 Å². The van der Waals surface area contributed by atoms with Gasteiger partial charge in [0, 0.05) is 43.1 Å². The SMILES string of the molecule is CO.Nc1nccnc1-c1ccc(C(=O)NCc2cccc(Cl)c2)c(F)c1.OC1CCCCC1(F)F. The molecule has 1 aliphatic carbocycles. The minimum atomic E-state index is -2.81. The van der Waals surface area contributed by atoms with Crippen LogP contribution in [0.5, 0.6) is 0 Å². The van der Waals surface area contributed by atoms with E-state index in [1.807, 2.05) is 6.07 Å². The largest absolute Gasteiger partial charge is 0.400 e. The number of hydrogen-bond acceptors (Lipinski definition) is 6. The Morgan fingerprint density at radius 3 is 2.47 bits per heavy atom. The zero-order valence-electron chi connectivity index (χ0n) is 19.6. The van der Waals surface area contributed by atoms with E-state index in [0.29, 0.717) is 22.7 Å². The number of aliphatic hydroxyl groups is 2. The van der Waals surface area contributed by atoms with Gasteiger partial charge in [0.25, 0.3) is 11.8 Å². The summed E-state index contributed by atoms with van der Waals surface area (Å²) in [5, 5.41) is 18.9. The van der Waals surface area contributed by atoms with Gasteiger partial charge in [-0.25, -0.2) is 18.2 Å². The van der Waals surface area contributed by atoms with Crippen LogP contribution in [0, 0.1) is 5.82 Å². The lowest BCUT2D eigenvalue weighted by Gasteiger charge is -2.26. The first-order valence-electron chi connectivity index (χ1n) is 11.1. The van der Waals surface area contributed by atoms with Crippen molar-refractivity contribution in [3.05, 3.63) is 76.8 Å². The lowest BCUT2D eigenvalue weighted by atomic mass is 9.94. The van der Waals surface area contributed by atoms with Crippen LogP contribution in [0.1, 0.15) is 41.6 Å². The number of aromatic nitrogens is 2. The van der Waals surface area contributed by atoms with Gasteiger partial charge in [-0.1, -0.05) is 36.2 Å². The molecule has 36 heavy (non-hydrogen) atoms. The molecule has 1 saturated carbocycles. The Labute approximate surface area is 212 Å². The summed E-state index contributed by atoms with van der Waals surface area (Å²) >= 11 is 5.90.